The van der Waals surface area contributed by atoms with Crippen LogP contribution in [0.4, 0.5) is 11.4 Å². The van der Waals surface area contributed by atoms with Gasteiger partial charge in [-0.15, -0.1) is 24.8 Å². The van der Waals surface area contributed by atoms with Crippen molar-refractivity contribution in [2.45, 2.75) is 38.5 Å². The summed E-state index contributed by atoms with van der Waals surface area (Å²) in [5, 5.41) is 8.59. The maximum atomic E-state index is 11.7. The Morgan fingerprint density at radius 3 is 1.92 bits per heavy atom. The number of Topliss-reactive ketones (excluding diaryl/α,β-unsaturated/α-hetero) is 3. The minimum Gasteiger partial charge on any atom is -0.476 e. The third kappa shape index (κ3) is 10.9. The number of ketones is 3. The first-order valence-corrected chi connectivity index (χ1v) is 7.72. The number of ether oxygens (including phenoxy) is 1. The Hall–Kier alpha value is -1.90. The summed E-state index contributed by atoms with van der Waals surface area (Å²) in [4.78, 5) is 38.4. The fraction of sp³-hybridized carbons (Fsp3) is 0.500. The van der Waals surface area contributed by atoms with Crippen molar-refractivity contribution in [3.8, 4) is 5.88 Å². The van der Waals surface area contributed by atoms with Crippen LogP contribution >= 0.6 is 24.8 Å². The standard InChI is InChI=1S/C16H23N3O5.2ClH/c17-11-9-15(18)16(19-10-11)24-8-6-14(23)4-2-12(21)1-3-13(22)5-7-20;;/h9-10,20H,1-8,17-18H2;2*1H. The van der Waals surface area contributed by atoms with Crippen molar-refractivity contribution in [2.24, 2.45) is 0 Å². The van der Waals surface area contributed by atoms with Crippen molar-refractivity contribution in [1.82, 2.24) is 4.98 Å². The summed E-state index contributed by atoms with van der Waals surface area (Å²) in [7, 11) is 0. The van der Waals surface area contributed by atoms with Crippen LogP contribution in [0.1, 0.15) is 38.5 Å². The highest BCUT2D eigenvalue weighted by Gasteiger charge is 2.10. The van der Waals surface area contributed by atoms with Gasteiger partial charge in [-0.2, -0.15) is 0 Å². The minimum absolute atomic E-state index is 0. The number of aliphatic hydroxyl groups is 1. The van der Waals surface area contributed by atoms with Crippen molar-refractivity contribution >= 4 is 53.5 Å². The monoisotopic (exact) mass is 409 g/mol. The molecule has 1 heterocycles. The zero-order valence-corrected chi connectivity index (χ0v) is 15.9. The van der Waals surface area contributed by atoms with Crippen LogP contribution in [0.25, 0.3) is 0 Å². The molecule has 8 nitrogen and oxygen atoms in total. The topological polar surface area (TPSA) is 146 Å². The SMILES string of the molecule is Cl.Cl.Nc1cnc(OCCC(=O)CCC(=O)CCC(=O)CCO)c(N)c1. The predicted molar refractivity (Wildman–Crippen MR) is 103 cm³/mol. The first-order valence-electron chi connectivity index (χ1n) is 7.72. The predicted octanol–water partition coefficient (Wildman–Crippen LogP) is 1.51. The summed E-state index contributed by atoms with van der Waals surface area (Å²) in [6, 6.07) is 1.51. The molecule has 10 heteroatoms. The van der Waals surface area contributed by atoms with Crippen molar-refractivity contribution in [3.63, 3.8) is 0 Å². The van der Waals surface area contributed by atoms with E-state index >= 15 is 0 Å². The van der Waals surface area contributed by atoms with Crippen LogP contribution in [0, 0.1) is 0 Å². The van der Waals surface area contributed by atoms with Gasteiger partial charge in [0.25, 0.3) is 0 Å². The number of hydrogen-bond acceptors (Lipinski definition) is 8. The minimum atomic E-state index is -0.209. The van der Waals surface area contributed by atoms with Gasteiger partial charge in [0.15, 0.2) is 0 Å². The Morgan fingerprint density at radius 1 is 0.923 bits per heavy atom. The number of carbonyl (C=O) groups excluding carboxylic acids is 3. The maximum Gasteiger partial charge on any atom is 0.237 e. The molecule has 0 aromatic carbocycles. The Labute approximate surface area is 164 Å². The second-order valence-electron chi connectivity index (χ2n) is 5.35. The molecule has 148 valence electrons. The largest absolute Gasteiger partial charge is 0.476 e. The van der Waals surface area contributed by atoms with Crippen LogP contribution < -0.4 is 16.2 Å². The summed E-state index contributed by atoms with van der Waals surface area (Å²) in [5.41, 5.74) is 11.9. The van der Waals surface area contributed by atoms with Gasteiger partial charge in [-0.25, -0.2) is 4.98 Å². The molecule has 0 spiro atoms. The molecule has 0 aliphatic heterocycles. The molecule has 1 rings (SSSR count). The second-order valence-corrected chi connectivity index (χ2v) is 5.35. The molecule has 0 saturated heterocycles. The molecule has 0 fully saturated rings. The maximum absolute atomic E-state index is 11.7. The molecule has 0 aliphatic carbocycles. The zero-order chi connectivity index (χ0) is 17.9. The summed E-state index contributed by atoms with van der Waals surface area (Å²) in [6.07, 6.45) is 2.04. The molecular weight excluding hydrogens is 385 g/mol. The van der Waals surface area contributed by atoms with Gasteiger partial charge in [-0.1, -0.05) is 0 Å². The molecule has 0 unspecified atom stereocenters. The van der Waals surface area contributed by atoms with Crippen LogP contribution in [0.3, 0.4) is 0 Å². The summed E-state index contributed by atoms with van der Waals surface area (Å²) in [6.45, 7) is -0.0952. The van der Waals surface area contributed by atoms with E-state index < -0.39 is 0 Å². The molecule has 26 heavy (non-hydrogen) atoms. The summed E-state index contributed by atoms with van der Waals surface area (Å²) in [5.74, 6) is -0.186. The van der Waals surface area contributed by atoms with Crippen molar-refractivity contribution < 1.29 is 24.2 Å². The van der Waals surface area contributed by atoms with Gasteiger partial charge in [0.05, 0.1) is 24.2 Å². The lowest BCUT2D eigenvalue weighted by Gasteiger charge is -2.07. The number of carbonyl (C=O) groups is 3. The normalized spacial score (nSPS) is 9.58. The van der Waals surface area contributed by atoms with Gasteiger partial charge in [0.1, 0.15) is 17.3 Å². The van der Waals surface area contributed by atoms with Crippen molar-refractivity contribution in [2.75, 3.05) is 24.7 Å². The van der Waals surface area contributed by atoms with E-state index in [-0.39, 0.29) is 99.8 Å². The summed E-state index contributed by atoms with van der Waals surface area (Å²) < 4.78 is 5.31. The average Bonchev–Trinajstić information content (AvgIpc) is 2.53. The Balaban J connectivity index is 0. The first kappa shape index (κ1) is 26.3. The molecule has 1 aromatic rings. The van der Waals surface area contributed by atoms with E-state index in [9.17, 15) is 14.4 Å². The summed E-state index contributed by atoms with van der Waals surface area (Å²) >= 11 is 0. The molecule has 5 N–H and O–H groups in total. The Bertz CT molecular complexity index is 599. The highest BCUT2D eigenvalue weighted by molar-refractivity contribution is 5.89. The van der Waals surface area contributed by atoms with Gasteiger partial charge in [-0.05, 0) is 6.07 Å². The number of halogens is 2. The Morgan fingerprint density at radius 2 is 1.42 bits per heavy atom. The lowest BCUT2D eigenvalue weighted by Crippen LogP contribution is -2.11. The number of nitrogens with two attached hydrogens (primary N) is 2. The van der Waals surface area contributed by atoms with Gasteiger partial charge in [-0.3, -0.25) is 14.4 Å². The number of nitrogen functional groups attached to an aromatic ring is 2. The quantitative estimate of drug-likeness (QED) is 0.470. The van der Waals surface area contributed by atoms with Gasteiger partial charge >= 0.3 is 0 Å². The third-order valence-corrected chi connectivity index (χ3v) is 3.28. The molecule has 1 aromatic heterocycles. The fourth-order valence-corrected chi connectivity index (χ4v) is 1.93. The molecule has 0 atom stereocenters. The number of aliphatic hydroxyl groups excluding tert-OH is 1. The van der Waals surface area contributed by atoms with E-state index in [0.717, 1.165) is 0 Å². The number of hydrogen-bond donors (Lipinski definition) is 3. The molecule has 0 radical (unpaired) electrons. The first-order chi connectivity index (χ1) is 11.4. The second kappa shape index (κ2) is 14.3. The van der Waals surface area contributed by atoms with E-state index in [4.69, 9.17) is 21.3 Å². The van der Waals surface area contributed by atoms with Gasteiger partial charge in [0, 0.05) is 45.1 Å². The van der Waals surface area contributed by atoms with E-state index in [1.54, 1.807) is 0 Å². The fourth-order valence-electron chi connectivity index (χ4n) is 1.93. The van der Waals surface area contributed by atoms with Crippen molar-refractivity contribution in [3.05, 3.63) is 12.3 Å². The lowest BCUT2D eigenvalue weighted by atomic mass is 10.0. The van der Waals surface area contributed by atoms with Crippen LogP contribution in [0.2, 0.25) is 0 Å². The van der Waals surface area contributed by atoms with Crippen molar-refractivity contribution in [1.29, 1.82) is 0 Å². The average molecular weight is 410 g/mol. The molecular formula is C16H25Cl2N3O5. The number of rotatable bonds is 12. The highest BCUT2D eigenvalue weighted by atomic mass is 35.5. The van der Waals surface area contributed by atoms with Crippen LogP contribution in [0.15, 0.2) is 12.3 Å². The molecule has 0 aliphatic rings. The zero-order valence-electron chi connectivity index (χ0n) is 14.3. The van der Waals surface area contributed by atoms with E-state index in [1.165, 1.54) is 12.3 Å². The van der Waals surface area contributed by atoms with Gasteiger partial charge in [0.2, 0.25) is 5.88 Å². The Kier molecular flexibility index (Phi) is 14.5. The molecule has 0 saturated carbocycles. The lowest BCUT2D eigenvalue weighted by molar-refractivity contribution is -0.126. The van der Waals surface area contributed by atoms with Crippen LogP contribution in [-0.4, -0.2) is 40.7 Å². The number of pyridine rings is 1. The van der Waals surface area contributed by atoms with E-state index in [0.29, 0.717) is 11.4 Å². The van der Waals surface area contributed by atoms with E-state index in [2.05, 4.69) is 4.98 Å². The smallest absolute Gasteiger partial charge is 0.237 e. The highest BCUT2D eigenvalue weighted by Crippen LogP contribution is 2.19. The van der Waals surface area contributed by atoms with E-state index in [1.807, 2.05) is 0 Å². The number of anilines is 2. The van der Waals surface area contributed by atoms with Gasteiger partial charge < -0.3 is 21.3 Å². The van der Waals surface area contributed by atoms with Crippen LogP contribution in [0.5, 0.6) is 5.88 Å². The number of nitrogens with zero attached hydrogens (tertiary/aromatic N) is 1. The molecule has 0 bridgehead atoms. The molecule has 0 amide bonds. The third-order valence-electron chi connectivity index (χ3n) is 3.28. The van der Waals surface area contributed by atoms with Crippen LogP contribution in [-0.2, 0) is 14.4 Å². The number of aromatic nitrogens is 1.